The second-order valence-corrected chi connectivity index (χ2v) is 7.25. The minimum Gasteiger partial charge on any atom is -0.481 e. The highest BCUT2D eigenvalue weighted by Gasteiger charge is 2.38. The van der Waals surface area contributed by atoms with Crippen molar-refractivity contribution in [1.82, 2.24) is 0 Å². The zero-order chi connectivity index (χ0) is 13.1. The van der Waals surface area contributed by atoms with E-state index in [0.717, 1.165) is 12.8 Å². The Labute approximate surface area is 124 Å². The summed E-state index contributed by atoms with van der Waals surface area (Å²) in [5.41, 5.74) is 1.22. The Kier molecular flexibility index (Phi) is 4.84. The maximum absolute atomic E-state index is 11.4. The standard InChI is InChI=1S/C14H16Br2O2/c15-12-7-10(6-9-4-2-1-3-5-9)11(14(17)18)8-13(12)16/h1-5,10-13H,6-8H2,(H,17,18)/t10-,11-,12-,13-/m0/s1. The molecule has 1 aliphatic rings. The third kappa shape index (κ3) is 3.35. The van der Waals surface area contributed by atoms with Gasteiger partial charge >= 0.3 is 5.97 Å². The predicted molar refractivity (Wildman–Crippen MR) is 79.4 cm³/mol. The lowest BCUT2D eigenvalue weighted by molar-refractivity contribution is -0.144. The van der Waals surface area contributed by atoms with Crippen LogP contribution < -0.4 is 0 Å². The molecule has 18 heavy (non-hydrogen) atoms. The van der Waals surface area contributed by atoms with Gasteiger partial charge < -0.3 is 5.11 Å². The van der Waals surface area contributed by atoms with Crippen LogP contribution in [0.2, 0.25) is 0 Å². The third-order valence-electron chi connectivity index (χ3n) is 3.63. The summed E-state index contributed by atoms with van der Waals surface area (Å²) < 4.78 is 0. The number of benzene rings is 1. The van der Waals surface area contributed by atoms with Crippen LogP contribution in [0, 0.1) is 11.8 Å². The molecule has 0 radical (unpaired) electrons. The summed E-state index contributed by atoms with van der Waals surface area (Å²) in [7, 11) is 0. The zero-order valence-electron chi connectivity index (χ0n) is 9.93. The summed E-state index contributed by atoms with van der Waals surface area (Å²) in [6, 6.07) is 10.1. The molecule has 98 valence electrons. The molecule has 0 unspecified atom stereocenters. The van der Waals surface area contributed by atoms with Crippen LogP contribution in [0.4, 0.5) is 0 Å². The fourth-order valence-corrected chi connectivity index (χ4v) is 3.94. The summed E-state index contributed by atoms with van der Waals surface area (Å²) in [6.07, 6.45) is 2.45. The number of carboxylic acid groups (broad SMARTS) is 1. The Balaban J connectivity index is 2.11. The van der Waals surface area contributed by atoms with Crippen LogP contribution in [0.15, 0.2) is 30.3 Å². The van der Waals surface area contributed by atoms with Gasteiger partial charge in [-0.3, -0.25) is 4.79 Å². The number of rotatable bonds is 3. The van der Waals surface area contributed by atoms with Gasteiger partial charge in [-0.25, -0.2) is 0 Å². The molecular formula is C14H16Br2O2. The van der Waals surface area contributed by atoms with Gasteiger partial charge in [-0.2, -0.15) is 0 Å². The Morgan fingerprint density at radius 3 is 2.39 bits per heavy atom. The lowest BCUT2D eigenvalue weighted by atomic mass is 9.76. The van der Waals surface area contributed by atoms with E-state index in [4.69, 9.17) is 0 Å². The van der Waals surface area contributed by atoms with E-state index >= 15 is 0 Å². The van der Waals surface area contributed by atoms with E-state index in [2.05, 4.69) is 44.0 Å². The molecule has 0 aliphatic heterocycles. The number of hydrogen-bond donors (Lipinski definition) is 1. The predicted octanol–water partition coefficient (Wildman–Crippen LogP) is 3.87. The maximum atomic E-state index is 11.4. The largest absolute Gasteiger partial charge is 0.481 e. The smallest absolute Gasteiger partial charge is 0.306 e. The van der Waals surface area contributed by atoms with Crippen molar-refractivity contribution in [3.05, 3.63) is 35.9 Å². The van der Waals surface area contributed by atoms with E-state index in [-0.39, 0.29) is 16.7 Å². The number of carboxylic acids is 1. The van der Waals surface area contributed by atoms with Crippen LogP contribution in [0.1, 0.15) is 18.4 Å². The highest BCUT2D eigenvalue weighted by Crippen LogP contribution is 2.39. The average molecular weight is 376 g/mol. The monoisotopic (exact) mass is 374 g/mol. The Morgan fingerprint density at radius 1 is 1.17 bits per heavy atom. The molecule has 1 aliphatic carbocycles. The molecule has 0 aromatic heterocycles. The SMILES string of the molecule is O=C(O)[C@H]1C[C@H](Br)[C@@H](Br)C[C@@H]1Cc1ccccc1. The first-order valence-corrected chi connectivity index (χ1v) is 7.96. The van der Waals surface area contributed by atoms with Crippen LogP contribution in [0.5, 0.6) is 0 Å². The molecule has 2 nitrogen and oxygen atoms in total. The number of hydrogen-bond acceptors (Lipinski definition) is 1. The van der Waals surface area contributed by atoms with E-state index in [0.29, 0.717) is 11.2 Å². The lowest BCUT2D eigenvalue weighted by Crippen LogP contribution is -2.37. The van der Waals surface area contributed by atoms with E-state index in [1.165, 1.54) is 5.56 Å². The van der Waals surface area contributed by atoms with Crippen molar-refractivity contribution in [2.75, 3.05) is 0 Å². The van der Waals surface area contributed by atoms with Gasteiger partial charge in [0.2, 0.25) is 0 Å². The van der Waals surface area contributed by atoms with Crippen molar-refractivity contribution in [2.24, 2.45) is 11.8 Å². The van der Waals surface area contributed by atoms with Crippen molar-refractivity contribution in [3.8, 4) is 0 Å². The fourth-order valence-electron chi connectivity index (χ4n) is 2.63. The van der Waals surface area contributed by atoms with Crippen LogP contribution in [0.25, 0.3) is 0 Å². The molecule has 2 rings (SSSR count). The van der Waals surface area contributed by atoms with Gasteiger partial charge in [-0.05, 0) is 30.7 Å². The second-order valence-electron chi connectivity index (χ2n) is 4.90. The summed E-state index contributed by atoms with van der Waals surface area (Å²) >= 11 is 7.21. The fraction of sp³-hybridized carbons (Fsp3) is 0.500. The lowest BCUT2D eigenvalue weighted by Gasteiger charge is -2.35. The first-order chi connectivity index (χ1) is 8.58. The van der Waals surface area contributed by atoms with Gasteiger partial charge in [-0.15, -0.1) is 0 Å². The molecule has 1 N–H and O–H groups in total. The van der Waals surface area contributed by atoms with E-state index < -0.39 is 5.97 Å². The highest BCUT2D eigenvalue weighted by molar-refractivity contribution is 9.12. The third-order valence-corrected chi connectivity index (χ3v) is 6.36. The molecule has 0 amide bonds. The molecule has 1 saturated carbocycles. The van der Waals surface area contributed by atoms with Crippen molar-refractivity contribution in [1.29, 1.82) is 0 Å². The van der Waals surface area contributed by atoms with Gasteiger partial charge in [0, 0.05) is 9.65 Å². The normalized spacial score (nSPS) is 32.1. The first-order valence-electron chi connectivity index (χ1n) is 6.12. The maximum Gasteiger partial charge on any atom is 0.306 e. The zero-order valence-corrected chi connectivity index (χ0v) is 13.1. The van der Waals surface area contributed by atoms with E-state index in [1.54, 1.807) is 0 Å². The van der Waals surface area contributed by atoms with Gasteiger partial charge in [0.25, 0.3) is 0 Å². The topological polar surface area (TPSA) is 37.3 Å². The average Bonchev–Trinajstić information content (AvgIpc) is 2.34. The van der Waals surface area contributed by atoms with Crippen molar-refractivity contribution in [3.63, 3.8) is 0 Å². The van der Waals surface area contributed by atoms with Gasteiger partial charge in [0.1, 0.15) is 0 Å². The van der Waals surface area contributed by atoms with Crippen molar-refractivity contribution >= 4 is 37.8 Å². The van der Waals surface area contributed by atoms with E-state index in [9.17, 15) is 9.90 Å². The molecule has 0 spiro atoms. The molecule has 4 heteroatoms. The molecule has 0 saturated heterocycles. The molecular weight excluding hydrogens is 360 g/mol. The summed E-state index contributed by atoms with van der Waals surface area (Å²) in [5, 5.41) is 9.35. The highest BCUT2D eigenvalue weighted by atomic mass is 79.9. The molecule has 1 fully saturated rings. The Bertz CT molecular complexity index is 408. The molecule has 4 atom stereocenters. The van der Waals surface area contributed by atoms with Crippen LogP contribution in [-0.4, -0.2) is 20.7 Å². The minimum absolute atomic E-state index is 0.211. The molecule has 0 heterocycles. The summed E-state index contributed by atoms with van der Waals surface area (Å²) in [5.74, 6) is -0.703. The quantitative estimate of drug-likeness (QED) is 0.814. The summed E-state index contributed by atoms with van der Waals surface area (Å²) in [6.45, 7) is 0. The number of aliphatic carboxylic acids is 1. The minimum atomic E-state index is -0.667. The van der Waals surface area contributed by atoms with Crippen LogP contribution >= 0.6 is 31.9 Å². The number of halogens is 2. The first kappa shape index (κ1) is 14.1. The van der Waals surface area contributed by atoms with E-state index in [1.807, 2.05) is 18.2 Å². The number of alkyl halides is 2. The number of carbonyl (C=O) groups is 1. The van der Waals surface area contributed by atoms with Crippen molar-refractivity contribution in [2.45, 2.75) is 28.9 Å². The van der Waals surface area contributed by atoms with Gasteiger partial charge in [0.05, 0.1) is 5.92 Å². The van der Waals surface area contributed by atoms with Gasteiger partial charge in [-0.1, -0.05) is 62.2 Å². The summed E-state index contributed by atoms with van der Waals surface area (Å²) in [4.78, 5) is 12.0. The van der Waals surface area contributed by atoms with Crippen LogP contribution in [0.3, 0.4) is 0 Å². The Hall–Kier alpha value is -0.350. The molecule has 1 aromatic carbocycles. The van der Waals surface area contributed by atoms with Crippen LogP contribution in [-0.2, 0) is 11.2 Å². The second kappa shape index (κ2) is 6.20. The van der Waals surface area contributed by atoms with Gasteiger partial charge in [0.15, 0.2) is 0 Å². The Morgan fingerprint density at radius 2 is 1.78 bits per heavy atom. The molecule has 1 aromatic rings. The molecule has 0 bridgehead atoms. The van der Waals surface area contributed by atoms with Crippen molar-refractivity contribution < 1.29 is 9.90 Å².